The Bertz CT molecular complexity index is 377. The van der Waals surface area contributed by atoms with E-state index in [0.29, 0.717) is 17.7 Å². The van der Waals surface area contributed by atoms with Gasteiger partial charge < -0.3 is 0 Å². The first-order valence-corrected chi connectivity index (χ1v) is 4.98. The van der Waals surface area contributed by atoms with Crippen molar-refractivity contribution >= 4 is 11.8 Å². The predicted octanol–water partition coefficient (Wildman–Crippen LogP) is 1.90. The fraction of sp³-hybridized carbons (Fsp3) is 0.250. The molecular weight excluding hydrogens is 190 g/mol. The Balaban J connectivity index is 2.29. The summed E-state index contributed by atoms with van der Waals surface area (Å²) in [5.41, 5.74) is 1.05. The van der Waals surface area contributed by atoms with Crippen molar-refractivity contribution < 1.29 is 9.59 Å². The molecule has 2 amide bonds. The van der Waals surface area contributed by atoms with E-state index in [1.54, 1.807) is 24.3 Å². The van der Waals surface area contributed by atoms with E-state index in [1.165, 1.54) is 4.90 Å². The Hall–Kier alpha value is -1.64. The van der Waals surface area contributed by atoms with Gasteiger partial charge in [-0.2, -0.15) is 0 Å². The number of carbonyl (C=O) groups excluding carboxylic acids is 2. The number of benzene rings is 1. The summed E-state index contributed by atoms with van der Waals surface area (Å²) in [6, 6.07) is 6.95. The van der Waals surface area contributed by atoms with Crippen LogP contribution >= 0.6 is 0 Å². The second-order valence-corrected chi connectivity index (χ2v) is 3.50. The Morgan fingerprint density at radius 1 is 1.13 bits per heavy atom. The van der Waals surface area contributed by atoms with E-state index in [0.717, 1.165) is 6.42 Å². The van der Waals surface area contributed by atoms with Crippen LogP contribution in [0.15, 0.2) is 24.3 Å². The maximum absolute atomic E-state index is 11.8. The summed E-state index contributed by atoms with van der Waals surface area (Å²) in [7, 11) is 0. The Morgan fingerprint density at radius 3 is 2.13 bits per heavy atom. The van der Waals surface area contributed by atoms with E-state index in [4.69, 9.17) is 0 Å². The summed E-state index contributed by atoms with van der Waals surface area (Å²) < 4.78 is 0. The molecule has 77 valence electrons. The van der Waals surface area contributed by atoms with Crippen LogP contribution in [-0.4, -0.2) is 23.3 Å². The first-order chi connectivity index (χ1) is 7.25. The number of amides is 2. The normalized spacial score (nSPS) is 14.6. The van der Waals surface area contributed by atoms with Gasteiger partial charge in [-0.1, -0.05) is 19.1 Å². The second kappa shape index (κ2) is 3.85. The largest absolute Gasteiger partial charge is 0.274 e. The van der Waals surface area contributed by atoms with Crippen LogP contribution < -0.4 is 0 Å². The van der Waals surface area contributed by atoms with Crippen LogP contribution in [0.3, 0.4) is 0 Å². The zero-order valence-electron chi connectivity index (χ0n) is 8.56. The highest BCUT2D eigenvalue weighted by atomic mass is 16.2. The third-order valence-corrected chi connectivity index (χ3v) is 2.52. The minimum Gasteiger partial charge on any atom is -0.274 e. The number of hydrogen-bond donors (Lipinski definition) is 0. The van der Waals surface area contributed by atoms with Crippen molar-refractivity contribution in [2.24, 2.45) is 0 Å². The number of imide groups is 1. The lowest BCUT2D eigenvalue weighted by Gasteiger charge is -2.12. The molecule has 0 atom stereocenters. The molecule has 1 aliphatic heterocycles. The molecule has 0 saturated heterocycles. The maximum atomic E-state index is 11.8. The molecule has 1 aliphatic rings. The van der Waals surface area contributed by atoms with Crippen molar-refractivity contribution in [2.45, 2.75) is 13.3 Å². The summed E-state index contributed by atoms with van der Waals surface area (Å²) in [6.45, 7) is 2.39. The monoisotopic (exact) mass is 202 g/mol. The first kappa shape index (κ1) is 9.90. The molecule has 0 aromatic heterocycles. The lowest BCUT2D eigenvalue weighted by Crippen LogP contribution is -2.30. The third-order valence-electron chi connectivity index (χ3n) is 2.52. The van der Waals surface area contributed by atoms with Gasteiger partial charge in [-0.15, -0.1) is 0 Å². The summed E-state index contributed by atoms with van der Waals surface area (Å²) in [5, 5.41) is 0. The van der Waals surface area contributed by atoms with Crippen molar-refractivity contribution in [2.75, 3.05) is 6.54 Å². The van der Waals surface area contributed by atoms with Gasteiger partial charge in [-0.3, -0.25) is 14.5 Å². The molecule has 1 radical (unpaired) electrons. The van der Waals surface area contributed by atoms with Crippen LogP contribution in [0.2, 0.25) is 0 Å². The molecule has 0 bridgehead atoms. The van der Waals surface area contributed by atoms with Crippen molar-refractivity contribution in [3.8, 4) is 0 Å². The van der Waals surface area contributed by atoms with Gasteiger partial charge in [-0.05, 0) is 25.0 Å². The fourth-order valence-corrected chi connectivity index (χ4v) is 1.70. The second-order valence-electron chi connectivity index (χ2n) is 3.50. The molecule has 1 heterocycles. The number of rotatable bonds is 3. The van der Waals surface area contributed by atoms with E-state index in [9.17, 15) is 9.59 Å². The number of hydrogen-bond acceptors (Lipinski definition) is 2. The highest BCUT2D eigenvalue weighted by molar-refractivity contribution is 6.21. The lowest BCUT2D eigenvalue weighted by atomic mass is 10.1. The molecule has 15 heavy (non-hydrogen) atoms. The van der Waals surface area contributed by atoms with Crippen LogP contribution in [0.25, 0.3) is 0 Å². The van der Waals surface area contributed by atoms with Crippen molar-refractivity contribution in [1.82, 2.24) is 4.90 Å². The van der Waals surface area contributed by atoms with Crippen LogP contribution in [0.4, 0.5) is 0 Å². The van der Waals surface area contributed by atoms with Gasteiger partial charge in [0.05, 0.1) is 11.1 Å². The molecule has 0 N–H and O–H groups in total. The maximum Gasteiger partial charge on any atom is 0.261 e. The van der Waals surface area contributed by atoms with Gasteiger partial charge in [-0.25, -0.2) is 0 Å². The average molecular weight is 202 g/mol. The summed E-state index contributed by atoms with van der Waals surface area (Å²) in [5.74, 6) is -0.338. The molecule has 0 saturated carbocycles. The standard InChI is InChI=1S/C12H12NO2/c1-2-3-8-13-11(14)9-6-4-5-7-10(9)12(13)15/h2,4-7H,3,8H2,1H3. The minimum atomic E-state index is -0.169. The number of carbonyl (C=O) groups is 2. The van der Waals surface area contributed by atoms with Crippen molar-refractivity contribution in [3.63, 3.8) is 0 Å². The highest BCUT2D eigenvalue weighted by Crippen LogP contribution is 2.22. The third kappa shape index (κ3) is 1.54. The van der Waals surface area contributed by atoms with Gasteiger partial charge in [0, 0.05) is 6.54 Å². The topological polar surface area (TPSA) is 37.4 Å². The van der Waals surface area contributed by atoms with E-state index >= 15 is 0 Å². The molecule has 2 rings (SSSR count). The summed E-state index contributed by atoms with van der Waals surface area (Å²) in [4.78, 5) is 24.9. The van der Waals surface area contributed by atoms with E-state index in [2.05, 4.69) is 0 Å². The van der Waals surface area contributed by atoms with Crippen molar-refractivity contribution in [3.05, 3.63) is 41.8 Å². The van der Waals surface area contributed by atoms with E-state index in [-0.39, 0.29) is 11.8 Å². The van der Waals surface area contributed by atoms with Gasteiger partial charge >= 0.3 is 0 Å². The zero-order chi connectivity index (χ0) is 10.8. The van der Waals surface area contributed by atoms with Crippen LogP contribution in [0, 0.1) is 6.42 Å². The smallest absolute Gasteiger partial charge is 0.261 e. The molecule has 3 nitrogen and oxygen atoms in total. The summed E-state index contributed by atoms with van der Waals surface area (Å²) >= 11 is 0. The van der Waals surface area contributed by atoms with Gasteiger partial charge in [0.15, 0.2) is 0 Å². The molecule has 0 fully saturated rings. The molecule has 0 spiro atoms. The zero-order valence-corrected chi connectivity index (χ0v) is 8.56. The molecular formula is C12H12NO2. The minimum absolute atomic E-state index is 0.169. The number of unbranched alkanes of at least 4 members (excludes halogenated alkanes) is 1. The number of nitrogens with zero attached hydrogens (tertiary/aromatic N) is 1. The Kier molecular flexibility index (Phi) is 2.54. The predicted molar refractivity (Wildman–Crippen MR) is 56.4 cm³/mol. The lowest BCUT2D eigenvalue weighted by molar-refractivity contribution is 0.0656. The molecule has 1 aromatic rings. The van der Waals surface area contributed by atoms with Gasteiger partial charge in [0.1, 0.15) is 0 Å². The molecule has 0 aliphatic carbocycles. The van der Waals surface area contributed by atoms with Crippen LogP contribution in [0.5, 0.6) is 0 Å². The van der Waals surface area contributed by atoms with Crippen LogP contribution in [0.1, 0.15) is 34.1 Å². The van der Waals surface area contributed by atoms with Gasteiger partial charge in [0.25, 0.3) is 11.8 Å². The highest BCUT2D eigenvalue weighted by Gasteiger charge is 2.34. The SMILES string of the molecule is C[CH]CCN1C(=O)c2ccccc2C1=O. The molecule has 3 heteroatoms. The first-order valence-electron chi connectivity index (χ1n) is 4.98. The fourth-order valence-electron chi connectivity index (χ4n) is 1.70. The molecule has 1 aromatic carbocycles. The summed E-state index contributed by atoms with van der Waals surface area (Å²) in [6.07, 6.45) is 2.69. The Morgan fingerprint density at radius 2 is 1.67 bits per heavy atom. The van der Waals surface area contributed by atoms with E-state index in [1.807, 2.05) is 13.3 Å². The number of fused-ring (bicyclic) bond motifs is 1. The van der Waals surface area contributed by atoms with Crippen LogP contribution in [-0.2, 0) is 0 Å². The molecule has 0 unspecified atom stereocenters. The quantitative estimate of drug-likeness (QED) is 0.702. The van der Waals surface area contributed by atoms with Crippen molar-refractivity contribution in [1.29, 1.82) is 0 Å². The Labute approximate surface area is 88.7 Å². The van der Waals surface area contributed by atoms with E-state index < -0.39 is 0 Å². The average Bonchev–Trinajstić information content (AvgIpc) is 2.51. The van der Waals surface area contributed by atoms with Gasteiger partial charge in [0.2, 0.25) is 0 Å².